The Morgan fingerprint density at radius 3 is 2.54 bits per heavy atom. The number of aromatic amines is 1. The molecule has 1 N–H and O–H groups in total. The quantitative estimate of drug-likeness (QED) is 0.540. The highest BCUT2D eigenvalue weighted by Gasteiger charge is 2.27. The Labute approximate surface area is 152 Å². The van der Waals surface area contributed by atoms with Gasteiger partial charge in [0.15, 0.2) is 5.82 Å². The first-order valence-corrected chi connectivity index (χ1v) is 9.71. The molecule has 10 heteroatoms. The molecule has 26 heavy (non-hydrogen) atoms. The number of aromatic nitrogens is 3. The minimum Gasteiger partial charge on any atom is -0.258 e. The first-order valence-electron chi connectivity index (χ1n) is 7.35. The molecule has 0 radical (unpaired) electrons. The van der Waals surface area contributed by atoms with Crippen LogP contribution in [0.15, 0.2) is 64.0 Å². The summed E-state index contributed by atoms with van der Waals surface area (Å²) in [6.45, 7) is 0. The molecule has 2 aromatic carbocycles. The molecule has 0 atom stereocenters. The molecule has 130 valence electrons. The summed E-state index contributed by atoms with van der Waals surface area (Å²) in [7, 11) is -3.45. The number of rotatable bonds is 4. The van der Waals surface area contributed by atoms with Crippen molar-refractivity contribution in [3.8, 4) is 11.4 Å². The Hall–Kier alpha value is -2.98. The Kier molecular flexibility index (Phi) is 3.85. The zero-order valence-corrected chi connectivity index (χ0v) is 14.6. The maximum Gasteiger partial charge on any atom is 0.269 e. The molecule has 0 saturated heterocycles. The number of nitro groups is 1. The Morgan fingerprint density at radius 1 is 1.08 bits per heavy atom. The van der Waals surface area contributed by atoms with Gasteiger partial charge in [-0.1, -0.05) is 18.2 Å². The third-order valence-electron chi connectivity index (χ3n) is 3.74. The fourth-order valence-electron chi connectivity index (χ4n) is 2.53. The summed E-state index contributed by atoms with van der Waals surface area (Å²) >= 11 is 1.14. The molecule has 0 unspecified atom stereocenters. The summed E-state index contributed by atoms with van der Waals surface area (Å²) in [4.78, 5) is 15.4. The van der Waals surface area contributed by atoms with Gasteiger partial charge >= 0.3 is 0 Å². The molecule has 8 nitrogen and oxygen atoms in total. The lowest BCUT2D eigenvalue weighted by Gasteiger charge is -2.00. The van der Waals surface area contributed by atoms with Crippen molar-refractivity contribution in [2.24, 2.45) is 0 Å². The lowest BCUT2D eigenvalue weighted by molar-refractivity contribution is -0.384. The number of hydrogen-bond donors (Lipinski definition) is 1. The zero-order valence-electron chi connectivity index (χ0n) is 13.0. The van der Waals surface area contributed by atoms with Crippen LogP contribution in [-0.4, -0.2) is 28.5 Å². The number of nitrogens with one attached hydrogen (secondary N) is 1. The van der Waals surface area contributed by atoms with Gasteiger partial charge in [-0.25, -0.2) is 13.4 Å². The van der Waals surface area contributed by atoms with Crippen molar-refractivity contribution < 1.29 is 13.3 Å². The molecular weight excluding hydrogens is 376 g/mol. The zero-order chi connectivity index (χ0) is 18.3. The van der Waals surface area contributed by atoms with Crippen molar-refractivity contribution in [2.75, 3.05) is 0 Å². The van der Waals surface area contributed by atoms with Crippen LogP contribution in [0, 0.1) is 10.1 Å². The molecule has 3 aromatic rings. The Balaban J connectivity index is 1.61. The van der Waals surface area contributed by atoms with Crippen LogP contribution >= 0.6 is 11.8 Å². The number of non-ortho nitro benzene ring substituents is 1. The van der Waals surface area contributed by atoms with Gasteiger partial charge < -0.3 is 0 Å². The smallest absolute Gasteiger partial charge is 0.258 e. The average Bonchev–Trinajstić information content (AvgIpc) is 3.19. The van der Waals surface area contributed by atoms with Gasteiger partial charge in [-0.05, 0) is 30.0 Å². The standard InChI is InChI=1S/C16H10N4O4S2/c21-20(22)11-7-5-10(6-8-11)15-17-16(19-18-15)25-13-9-26(23,24)14-4-2-1-3-12(13)14/h1-9H,(H,17,18,19). The van der Waals surface area contributed by atoms with E-state index in [9.17, 15) is 18.5 Å². The predicted octanol–water partition coefficient (Wildman–Crippen LogP) is 3.26. The minimum atomic E-state index is -3.45. The van der Waals surface area contributed by atoms with E-state index in [2.05, 4.69) is 15.2 Å². The highest BCUT2D eigenvalue weighted by molar-refractivity contribution is 8.09. The van der Waals surface area contributed by atoms with Crippen LogP contribution in [0.3, 0.4) is 0 Å². The van der Waals surface area contributed by atoms with Crippen molar-refractivity contribution in [1.29, 1.82) is 0 Å². The van der Waals surface area contributed by atoms with E-state index in [4.69, 9.17) is 0 Å². The maximum absolute atomic E-state index is 12.2. The van der Waals surface area contributed by atoms with E-state index in [1.807, 2.05) is 0 Å². The van der Waals surface area contributed by atoms with Crippen LogP contribution in [0.5, 0.6) is 0 Å². The minimum absolute atomic E-state index is 0.0132. The van der Waals surface area contributed by atoms with Crippen molar-refractivity contribution in [3.63, 3.8) is 0 Å². The highest BCUT2D eigenvalue weighted by atomic mass is 32.2. The molecule has 4 rings (SSSR count). The lowest BCUT2D eigenvalue weighted by Crippen LogP contribution is -1.91. The van der Waals surface area contributed by atoms with Gasteiger partial charge in [0.2, 0.25) is 15.0 Å². The largest absolute Gasteiger partial charge is 0.269 e. The molecule has 1 aromatic heterocycles. The van der Waals surface area contributed by atoms with Crippen LogP contribution in [0.4, 0.5) is 5.69 Å². The second-order valence-corrected chi connectivity index (χ2v) is 8.17. The molecule has 0 fully saturated rings. The van der Waals surface area contributed by atoms with Crippen LogP contribution in [-0.2, 0) is 9.84 Å². The van der Waals surface area contributed by atoms with E-state index >= 15 is 0 Å². The summed E-state index contributed by atoms with van der Waals surface area (Å²) in [6, 6.07) is 12.7. The Bertz CT molecular complexity index is 1150. The van der Waals surface area contributed by atoms with Gasteiger partial charge in [-0.3, -0.25) is 15.2 Å². The van der Waals surface area contributed by atoms with Crippen LogP contribution < -0.4 is 0 Å². The van der Waals surface area contributed by atoms with Crippen molar-refractivity contribution in [1.82, 2.24) is 15.2 Å². The summed E-state index contributed by atoms with van der Waals surface area (Å²) in [5.41, 5.74) is 1.25. The molecule has 0 amide bonds. The number of nitrogens with zero attached hydrogens (tertiary/aromatic N) is 3. The van der Waals surface area contributed by atoms with Gasteiger partial charge in [-0.15, -0.1) is 5.10 Å². The topological polar surface area (TPSA) is 119 Å². The second-order valence-electron chi connectivity index (χ2n) is 5.40. The summed E-state index contributed by atoms with van der Waals surface area (Å²) in [5.74, 6) is 0.442. The second kappa shape index (κ2) is 6.07. The predicted molar refractivity (Wildman–Crippen MR) is 95.9 cm³/mol. The first kappa shape index (κ1) is 16.5. The van der Waals surface area contributed by atoms with Crippen molar-refractivity contribution in [3.05, 3.63) is 69.6 Å². The van der Waals surface area contributed by atoms with E-state index in [1.165, 1.54) is 17.5 Å². The Morgan fingerprint density at radius 2 is 1.81 bits per heavy atom. The molecule has 1 aliphatic rings. The molecule has 1 aliphatic heterocycles. The van der Waals surface area contributed by atoms with Crippen LogP contribution in [0.1, 0.15) is 5.56 Å². The summed E-state index contributed by atoms with van der Waals surface area (Å²) < 4.78 is 24.3. The normalized spacial score (nSPS) is 14.7. The van der Waals surface area contributed by atoms with Gasteiger partial charge in [0.1, 0.15) is 0 Å². The van der Waals surface area contributed by atoms with E-state index in [1.54, 1.807) is 36.4 Å². The number of fused-ring (bicyclic) bond motifs is 1. The van der Waals surface area contributed by atoms with E-state index < -0.39 is 14.8 Å². The van der Waals surface area contributed by atoms with E-state index in [-0.39, 0.29) is 10.6 Å². The van der Waals surface area contributed by atoms with Crippen molar-refractivity contribution in [2.45, 2.75) is 10.1 Å². The fourth-order valence-corrected chi connectivity index (χ4v) is 5.16. The highest BCUT2D eigenvalue weighted by Crippen LogP contribution is 2.42. The number of hydrogen-bond acceptors (Lipinski definition) is 7. The maximum atomic E-state index is 12.2. The molecular formula is C16H10N4O4S2. The molecule has 0 saturated carbocycles. The van der Waals surface area contributed by atoms with Gasteiger partial charge in [0.05, 0.1) is 15.2 Å². The number of thioether (sulfide) groups is 1. The summed E-state index contributed by atoms with van der Waals surface area (Å²) in [5, 5.41) is 19.1. The third kappa shape index (κ3) is 2.89. The number of H-pyrrole nitrogens is 1. The SMILES string of the molecule is O=[N+]([O-])c1ccc(-c2nc(SC3=CS(=O)(=O)c4ccccc43)n[nH]2)cc1. The van der Waals surface area contributed by atoms with E-state index in [0.717, 1.165) is 11.8 Å². The fraction of sp³-hybridized carbons (Fsp3) is 0. The molecule has 0 bridgehead atoms. The number of sulfone groups is 1. The molecule has 2 heterocycles. The monoisotopic (exact) mass is 386 g/mol. The molecule has 0 spiro atoms. The van der Waals surface area contributed by atoms with Gasteiger partial charge in [0, 0.05) is 28.2 Å². The first-order chi connectivity index (χ1) is 12.4. The third-order valence-corrected chi connectivity index (χ3v) is 6.33. The number of nitro benzene ring substituents is 1. The average molecular weight is 386 g/mol. The van der Waals surface area contributed by atoms with E-state index in [0.29, 0.717) is 27.0 Å². The van der Waals surface area contributed by atoms with Crippen LogP contribution in [0.2, 0.25) is 0 Å². The summed E-state index contributed by atoms with van der Waals surface area (Å²) in [6.07, 6.45) is 0. The van der Waals surface area contributed by atoms with Gasteiger partial charge in [0.25, 0.3) is 5.69 Å². The number of benzene rings is 2. The molecule has 0 aliphatic carbocycles. The van der Waals surface area contributed by atoms with Gasteiger partial charge in [-0.2, -0.15) is 0 Å². The van der Waals surface area contributed by atoms with Crippen LogP contribution in [0.25, 0.3) is 16.3 Å². The van der Waals surface area contributed by atoms with Crippen molar-refractivity contribution >= 4 is 32.2 Å². The lowest BCUT2D eigenvalue weighted by atomic mass is 10.2.